The van der Waals surface area contributed by atoms with Crippen LogP contribution >= 0.6 is 0 Å². The molecular formula is C22H20FN3O4. The van der Waals surface area contributed by atoms with Gasteiger partial charge >= 0.3 is 0 Å². The number of rotatable bonds is 9. The Morgan fingerprint density at radius 1 is 1.10 bits per heavy atom. The molecule has 0 aliphatic carbocycles. The number of nitrogens with one attached hydrogen (secondary N) is 2. The number of carbonyl (C=O) groups excluding carboxylic acids is 1. The van der Waals surface area contributed by atoms with Crippen molar-refractivity contribution in [2.24, 2.45) is 0 Å². The molecule has 3 rings (SSSR count). The molecule has 0 bridgehead atoms. The van der Waals surface area contributed by atoms with Gasteiger partial charge in [-0.3, -0.25) is 4.79 Å². The molecule has 0 spiro atoms. The lowest BCUT2D eigenvalue weighted by atomic mass is 10.2. The average molecular weight is 409 g/mol. The number of halogens is 1. The number of hydrogen-bond acceptors (Lipinski definition) is 6. The van der Waals surface area contributed by atoms with Gasteiger partial charge in [-0.2, -0.15) is 5.26 Å². The molecule has 0 radical (unpaired) electrons. The Morgan fingerprint density at radius 3 is 2.67 bits per heavy atom. The summed E-state index contributed by atoms with van der Waals surface area (Å²) >= 11 is 0. The summed E-state index contributed by atoms with van der Waals surface area (Å²) in [6.45, 7) is 0.716. The number of nitriles is 1. The number of methoxy groups -OCH3 is 1. The number of anilines is 1. The Hall–Kier alpha value is -3.99. The van der Waals surface area contributed by atoms with Crippen LogP contribution in [-0.4, -0.2) is 26.1 Å². The Labute approximate surface area is 173 Å². The molecule has 1 heterocycles. The fourth-order valence-corrected chi connectivity index (χ4v) is 2.71. The van der Waals surface area contributed by atoms with Crippen molar-refractivity contribution in [1.82, 2.24) is 5.32 Å². The lowest BCUT2D eigenvalue weighted by Gasteiger charge is -2.09. The minimum atomic E-state index is -0.593. The number of para-hydroxylation sites is 2. The molecule has 0 aliphatic heterocycles. The maximum atomic E-state index is 13.6. The second-order valence-electron chi connectivity index (χ2n) is 6.16. The summed E-state index contributed by atoms with van der Waals surface area (Å²) in [5, 5.41) is 14.6. The van der Waals surface area contributed by atoms with Crippen molar-refractivity contribution in [2.45, 2.75) is 6.61 Å². The molecule has 0 unspecified atom stereocenters. The van der Waals surface area contributed by atoms with E-state index in [1.807, 2.05) is 18.2 Å². The number of amides is 1. The highest BCUT2D eigenvalue weighted by molar-refractivity contribution is 5.91. The molecule has 3 aromatic rings. The van der Waals surface area contributed by atoms with E-state index in [9.17, 15) is 9.18 Å². The van der Waals surface area contributed by atoms with Gasteiger partial charge in [0, 0.05) is 13.1 Å². The second kappa shape index (κ2) is 9.98. The zero-order valence-corrected chi connectivity index (χ0v) is 16.3. The summed E-state index contributed by atoms with van der Waals surface area (Å²) in [5.74, 6) is 0.833. The maximum Gasteiger partial charge on any atom is 0.287 e. The molecule has 0 fully saturated rings. The van der Waals surface area contributed by atoms with Gasteiger partial charge < -0.3 is 24.5 Å². The number of nitrogens with zero attached hydrogens (tertiary/aromatic N) is 1. The van der Waals surface area contributed by atoms with Crippen LogP contribution in [0.3, 0.4) is 0 Å². The summed E-state index contributed by atoms with van der Waals surface area (Å²) in [6, 6.07) is 16.6. The summed E-state index contributed by atoms with van der Waals surface area (Å²) in [6.07, 6.45) is 0. The smallest absolute Gasteiger partial charge is 0.287 e. The minimum Gasteiger partial charge on any atom is -0.493 e. The van der Waals surface area contributed by atoms with Gasteiger partial charge in [-0.1, -0.05) is 18.2 Å². The first kappa shape index (κ1) is 20.7. The fourth-order valence-electron chi connectivity index (χ4n) is 2.71. The van der Waals surface area contributed by atoms with Crippen LogP contribution < -0.4 is 20.1 Å². The maximum absolute atomic E-state index is 13.6. The molecular weight excluding hydrogens is 389 g/mol. The summed E-state index contributed by atoms with van der Waals surface area (Å²) in [5.41, 5.74) is 0.315. The first-order chi connectivity index (χ1) is 14.6. The van der Waals surface area contributed by atoms with E-state index in [0.29, 0.717) is 29.5 Å². The quantitative estimate of drug-likeness (QED) is 0.523. The van der Waals surface area contributed by atoms with Gasteiger partial charge in [0.2, 0.25) is 0 Å². The van der Waals surface area contributed by atoms with Crippen LogP contribution in [0.15, 0.2) is 59.0 Å². The number of furan rings is 1. The van der Waals surface area contributed by atoms with E-state index < -0.39 is 5.82 Å². The minimum absolute atomic E-state index is 0.0606. The van der Waals surface area contributed by atoms with Crippen LogP contribution in [0.4, 0.5) is 10.1 Å². The molecule has 2 N–H and O–H groups in total. The normalized spacial score (nSPS) is 10.2. The largest absolute Gasteiger partial charge is 0.493 e. The highest BCUT2D eigenvalue weighted by Crippen LogP contribution is 2.26. The predicted molar refractivity (Wildman–Crippen MR) is 108 cm³/mol. The van der Waals surface area contributed by atoms with Crippen molar-refractivity contribution in [1.29, 1.82) is 5.26 Å². The van der Waals surface area contributed by atoms with Gasteiger partial charge in [0.1, 0.15) is 29.8 Å². The Kier molecular flexibility index (Phi) is 6.90. The van der Waals surface area contributed by atoms with Crippen molar-refractivity contribution in [3.05, 3.63) is 77.5 Å². The van der Waals surface area contributed by atoms with Crippen LogP contribution in [0.1, 0.15) is 21.9 Å². The first-order valence-corrected chi connectivity index (χ1v) is 9.17. The molecule has 0 aliphatic rings. The molecule has 1 aromatic heterocycles. The monoisotopic (exact) mass is 409 g/mol. The van der Waals surface area contributed by atoms with Crippen LogP contribution in [0, 0.1) is 17.1 Å². The van der Waals surface area contributed by atoms with E-state index in [4.69, 9.17) is 19.2 Å². The molecule has 0 atom stereocenters. The van der Waals surface area contributed by atoms with Gasteiger partial charge in [-0.05, 0) is 36.4 Å². The van der Waals surface area contributed by atoms with Crippen LogP contribution in [0.25, 0.3) is 0 Å². The Bertz CT molecular complexity index is 1060. The van der Waals surface area contributed by atoms with E-state index >= 15 is 0 Å². The van der Waals surface area contributed by atoms with E-state index in [1.54, 1.807) is 37.4 Å². The van der Waals surface area contributed by atoms with Gasteiger partial charge in [0.05, 0.1) is 12.8 Å². The molecule has 1 amide bonds. The molecule has 30 heavy (non-hydrogen) atoms. The van der Waals surface area contributed by atoms with Crippen molar-refractivity contribution in [2.75, 3.05) is 25.5 Å². The van der Waals surface area contributed by atoms with Crippen molar-refractivity contribution >= 4 is 11.6 Å². The third kappa shape index (κ3) is 5.08. The lowest BCUT2D eigenvalue weighted by molar-refractivity contribution is 0.0923. The van der Waals surface area contributed by atoms with Crippen molar-refractivity contribution in [3.63, 3.8) is 0 Å². The summed E-state index contributed by atoms with van der Waals surface area (Å²) in [4.78, 5) is 12.2. The first-order valence-electron chi connectivity index (χ1n) is 9.17. The van der Waals surface area contributed by atoms with Crippen molar-refractivity contribution in [3.8, 4) is 17.6 Å². The molecule has 0 saturated carbocycles. The van der Waals surface area contributed by atoms with Gasteiger partial charge in [0.25, 0.3) is 5.91 Å². The number of hydrogen-bond donors (Lipinski definition) is 2. The highest BCUT2D eigenvalue weighted by Gasteiger charge is 2.12. The lowest BCUT2D eigenvalue weighted by Crippen LogP contribution is -2.28. The predicted octanol–water partition coefficient (Wildman–Crippen LogP) is 3.72. The molecule has 2 aromatic carbocycles. The number of benzene rings is 2. The Balaban J connectivity index is 1.47. The highest BCUT2D eigenvalue weighted by atomic mass is 19.1. The SMILES string of the molecule is COc1ccccc1OCc1ccc(C(=O)NCCNc2cccc(F)c2C#N)o1. The van der Waals surface area contributed by atoms with Crippen LogP contribution in [0.2, 0.25) is 0 Å². The second-order valence-corrected chi connectivity index (χ2v) is 6.16. The van der Waals surface area contributed by atoms with Crippen LogP contribution in [0.5, 0.6) is 11.5 Å². The topological polar surface area (TPSA) is 96.5 Å². The summed E-state index contributed by atoms with van der Waals surface area (Å²) < 4.78 is 30.0. The molecule has 154 valence electrons. The van der Waals surface area contributed by atoms with Gasteiger partial charge in [-0.15, -0.1) is 0 Å². The van der Waals surface area contributed by atoms with Crippen molar-refractivity contribution < 1.29 is 23.1 Å². The zero-order chi connectivity index (χ0) is 21.3. The number of carbonyl (C=O) groups is 1. The van der Waals surface area contributed by atoms with E-state index in [-0.39, 0.29) is 30.4 Å². The van der Waals surface area contributed by atoms with Crippen LogP contribution in [-0.2, 0) is 6.61 Å². The average Bonchev–Trinajstić information content (AvgIpc) is 3.24. The fraction of sp³-hybridized carbons (Fsp3) is 0.182. The molecule has 7 nitrogen and oxygen atoms in total. The van der Waals surface area contributed by atoms with Gasteiger partial charge in [0.15, 0.2) is 17.3 Å². The van der Waals surface area contributed by atoms with Gasteiger partial charge in [-0.25, -0.2) is 4.39 Å². The molecule has 8 heteroatoms. The van der Waals surface area contributed by atoms with E-state index in [1.165, 1.54) is 12.1 Å². The third-order valence-corrected chi connectivity index (χ3v) is 4.18. The number of ether oxygens (including phenoxy) is 2. The summed E-state index contributed by atoms with van der Waals surface area (Å²) in [7, 11) is 1.56. The van der Waals surface area contributed by atoms with E-state index in [0.717, 1.165) is 0 Å². The zero-order valence-electron chi connectivity index (χ0n) is 16.3. The standard InChI is InChI=1S/C22H20FN3O4/c1-28-19-7-2-3-8-20(19)29-14-15-9-10-21(30-15)22(27)26-12-11-25-18-6-4-5-17(23)16(18)13-24/h2-10,25H,11-12,14H2,1H3,(H,26,27). The Morgan fingerprint density at radius 2 is 1.90 bits per heavy atom. The molecule has 0 saturated heterocycles. The van der Waals surface area contributed by atoms with E-state index in [2.05, 4.69) is 10.6 Å². The third-order valence-electron chi connectivity index (χ3n) is 4.18.